The quantitative estimate of drug-likeness (QED) is 0.376. The van der Waals surface area contributed by atoms with Crippen LogP contribution in [0, 0.1) is 5.92 Å². The van der Waals surface area contributed by atoms with E-state index in [0.717, 1.165) is 5.56 Å². The molecule has 0 radical (unpaired) electrons. The van der Waals surface area contributed by atoms with Crippen LogP contribution < -0.4 is 5.73 Å². The Morgan fingerprint density at radius 2 is 2.16 bits per heavy atom. The Kier molecular flexibility index (Phi) is 5.63. The summed E-state index contributed by atoms with van der Waals surface area (Å²) in [5.74, 6) is -0.881. The summed E-state index contributed by atoms with van der Waals surface area (Å²) >= 11 is 6.05. The first-order valence-electron chi connectivity index (χ1n) is 5.97. The molecule has 5 nitrogen and oxygen atoms in total. The fourth-order valence-electron chi connectivity index (χ4n) is 1.81. The second kappa shape index (κ2) is 6.99. The number of hydrogen-bond acceptors (Lipinski definition) is 3. The number of carbonyl (C=O) groups excluding carboxylic acids is 1. The summed E-state index contributed by atoms with van der Waals surface area (Å²) in [6.07, 6.45) is 0.474. The number of halogens is 1. The average Bonchev–Trinajstić information content (AvgIpc) is 2.41. The van der Waals surface area contributed by atoms with Gasteiger partial charge in [-0.2, -0.15) is 0 Å². The van der Waals surface area contributed by atoms with Crippen molar-refractivity contribution in [2.75, 3.05) is 7.05 Å². The molecule has 0 aromatic heterocycles. The van der Waals surface area contributed by atoms with Gasteiger partial charge in [0, 0.05) is 18.6 Å². The van der Waals surface area contributed by atoms with Crippen molar-refractivity contribution in [2.24, 2.45) is 16.8 Å². The molecule has 1 rings (SSSR count). The first-order valence-corrected chi connectivity index (χ1v) is 6.34. The maximum atomic E-state index is 12.2. The van der Waals surface area contributed by atoms with E-state index in [-0.39, 0.29) is 11.7 Å². The van der Waals surface area contributed by atoms with Gasteiger partial charge in [0.2, 0.25) is 5.91 Å². The van der Waals surface area contributed by atoms with Crippen molar-refractivity contribution in [1.82, 2.24) is 4.90 Å². The van der Waals surface area contributed by atoms with Crippen molar-refractivity contribution in [3.05, 3.63) is 34.9 Å². The van der Waals surface area contributed by atoms with Gasteiger partial charge in [-0.05, 0) is 18.1 Å². The maximum Gasteiger partial charge on any atom is 0.233 e. The third kappa shape index (κ3) is 3.86. The van der Waals surface area contributed by atoms with Crippen LogP contribution in [-0.4, -0.2) is 28.9 Å². The predicted octanol–water partition coefficient (Wildman–Crippen LogP) is 2.07. The van der Waals surface area contributed by atoms with Gasteiger partial charge in [-0.1, -0.05) is 41.9 Å². The topological polar surface area (TPSA) is 78.9 Å². The van der Waals surface area contributed by atoms with E-state index in [9.17, 15) is 4.79 Å². The van der Waals surface area contributed by atoms with Crippen LogP contribution in [0.25, 0.3) is 0 Å². The first-order chi connectivity index (χ1) is 9.01. The summed E-state index contributed by atoms with van der Waals surface area (Å²) in [5.41, 5.74) is 6.37. The third-order valence-corrected chi connectivity index (χ3v) is 3.29. The highest BCUT2D eigenvalue weighted by atomic mass is 35.5. The molecule has 0 saturated carbocycles. The van der Waals surface area contributed by atoms with Gasteiger partial charge in [-0.25, -0.2) is 0 Å². The van der Waals surface area contributed by atoms with E-state index in [4.69, 9.17) is 22.5 Å². The van der Waals surface area contributed by atoms with Crippen LogP contribution in [-0.2, 0) is 11.3 Å². The SMILES string of the molecule is CCC(C(=O)N(C)Cc1ccccc1Cl)C(N)=NO. The molecule has 3 N–H and O–H groups in total. The van der Waals surface area contributed by atoms with Gasteiger partial charge in [0.25, 0.3) is 0 Å². The van der Waals surface area contributed by atoms with Crippen LogP contribution in [0.2, 0.25) is 5.02 Å². The number of nitrogens with zero attached hydrogens (tertiary/aromatic N) is 2. The van der Waals surface area contributed by atoms with Crippen LogP contribution >= 0.6 is 11.6 Å². The highest BCUT2D eigenvalue weighted by Crippen LogP contribution is 2.18. The Bertz CT molecular complexity index is 477. The Morgan fingerprint density at radius 1 is 1.53 bits per heavy atom. The zero-order valence-corrected chi connectivity index (χ0v) is 11.8. The number of amidine groups is 1. The molecule has 0 fully saturated rings. The monoisotopic (exact) mass is 283 g/mol. The third-order valence-electron chi connectivity index (χ3n) is 2.92. The van der Waals surface area contributed by atoms with E-state index in [1.165, 1.54) is 4.90 Å². The summed E-state index contributed by atoms with van der Waals surface area (Å²) < 4.78 is 0. The smallest absolute Gasteiger partial charge is 0.233 e. The molecule has 0 aliphatic rings. The van der Waals surface area contributed by atoms with E-state index < -0.39 is 5.92 Å². The molecular formula is C13H18ClN3O2. The molecule has 0 bridgehead atoms. The van der Waals surface area contributed by atoms with Crippen molar-refractivity contribution >= 4 is 23.3 Å². The Balaban J connectivity index is 2.80. The van der Waals surface area contributed by atoms with E-state index >= 15 is 0 Å². The number of carbonyl (C=O) groups is 1. The molecule has 6 heteroatoms. The number of oxime groups is 1. The van der Waals surface area contributed by atoms with E-state index in [2.05, 4.69) is 5.16 Å². The molecule has 104 valence electrons. The lowest BCUT2D eigenvalue weighted by Crippen LogP contribution is -2.39. The van der Waals surface area contributed by atoms with E-state index in [1.807, 2.05) is 25.1 Å². The molecular weight excluding hydrogens is 266 g/mol. The van der Waals surface area contributed by atoms with Crippen LogP contribution in [0.15, 0.2) is 29.4 Å². The van der Waals surface area contributed by atoms with Crippen LogP contribution in [0.5, 0.6) is 0 Å². The molecule has 1 aromatic carbocycles. The molecule has 0 heterocycles. The fraction of sp³-hybridized carbons (Fsp3) is 0.385. The van der Waals surface area contributed by atoms with Crippen molar-refractivity contribution in [2.45, 2.75) is 19.9 Å². The number of amides is 1. The minimum Gasteiger partial charge on any atom is -0.409 e. The van der Waals surface area contributed by atoms with Crippen molar-refractivity contribution in [1.29, 1.82) is 0 Å². The molecule has 1 amide bonds. The maximum absolute atomic E-state index is 12.2. The van der Waals surface area contributed by atoms with Gasteiger partial charge < -0.3 is 15.8 Å². The lowest BCUT2D eigenvalue weighted by molar-refractivity contribution is -0.132. The molecule has 0 spiro atoms. The zero-order chi connectivity index (χ0) is 14.4. The summed E-state index contributed by atoms with van der Waals surface area (Å²) in [7, 11) is 1.67. The number of nitrogens with two attached hydrogens (primary N) is 1. The van der Waals surface area contributed by atoms with Crippen molar-refractivity contribution < 1.29 is 10.0 Å². The number of rotatable bonds is 5. The normalized spacial score (nSPS) is 13.1. The average molecular weight is 284 g/mol. The Labute approximate surface area is 117 Å². The summed E-state index contributed by atoms with van der Waals surface area (Å²) in [6, 6.07) is 7.33. The highest BCUT2D eigenvalue weighted by Gasteiger charge is 2.24. The summed E-state index contributed by atoms with van der Waals surface area (Å²) in [6.45, 7) is 2.19. The lowest BCUT2D eigenvalue weighted by Gasteiger charge is -2.22. The Morgan fingerprint density at radius 3 is 2.68 bits per heavy atom. The second-order valence-electron chi connectivity index (χ2n) is 4.27. The van der Waals surface area contributed by atoms with Gasteiger partial charge >= 0.3 is 0 Å². The van der Waals surface area contributed by atoms with Gasteiger partial charge in [-0.3, -0.25) is 4.79 Å². The van der Waals surface area contributed by atoms with Crippen molar-refractivity contribution in [3.63, 3.8) is 0 Å². The second-order valence-corrected chi connectivity index (χ2v) is 4.68. The molecule has 1 atom stereocenters. The predicted molar refractivity (Wildman–Crippen MR) is 75.1 cm³/mol. The minimum atomic E-state index is -0.613. The fourth-order valence-corrected chi connectivity index (χ4v) is 2.00. The molecule has 0 aliphatic heterocycles. The zero-order valence-electron chi connectivity index (χ0n) is 11.0. The van der Waals surface area contributed by atoms with Crippen LogP contribution in [0.4, 0.5) is 0 Å². The van der Waals surface area contributed by atoms with Gasteiger partial charge in [0.1, 0.15) is 0 Å². The summed E-state index contributed by atoms with van der Waals surface area (Å²) in [4.78, 5) is 13.7. The largest absolute Gasteiger partial charge is 0.409 e. The number of hydrogen-bond donors (Lipinski definition) is 2. The molecule has 0 aliphatic carbocycles. The van der Waals surface area contributed by atoms with Gasteiger partial charge in [0.15, 0.2) is 5.84 Å². The standard InChI is InChI=1S/C13H18ClN3O2/c1-3-10(12(15)16-19)13(18)17(2)8-9-6-4-5-7-11(9)14/h4-7,10,19H,3,8H2,1-2H3,(H2,15,16). The lowest BCUT2D eigenvalue weighted by atomic mass is 10.0. The minimum absolute atomic E-state index is 0.0708. The first kappa shape index (κ1) is 15.3. The van der Waals surface area contributed by atoms with Crippen LogP contribution in [0.3, 0.4) is 0 Å². The number of benzene rings is 1. The molecule has 19 heavy (non-hydrogen) atoms. The molecule has 1 unspecified atom stereocenters. The summed E-state index contributed by atoms with van der Waals surface area (Å²) in [5, 5.41) is 12.2. The van der Waals surface area contributed by atoms with Crippen molar-refractivity contribution in [3.8, 4) is 0 Å². The van der Waals surface area contributed by atoms with Gasteiger partial charge in [-0.15, -0.1) is 0 Å². The van der Waals surface area contributed by atoms with E-state index in [1.54, 1.807) is 13.1 Å². The molecule has 1 aromatic rings. The molecule has 0 saturated heterocycles. The highest BCUT2D eigenvalue weighted by molar-refractivity contribution is 6.31. The van der Waals surface area contributed by atoms with Gasteiger partial charge in [0.05, 0.1) is 5.92 Å². The Hall–Kier alpha value is -1.75. The van der Waals surface area contributed by atoms with Crippen LogP contribution in [0.1, 0.15) is 18.9 Å². The van der Waals surface area contributed by atoms with E-state index in [0.29, 0.717) is 18.0 Å².